The molecule has 0 unspecified atom stereocenters. The second-order valence-corrected chi connectivity index (χ2v) is 10.4. The van der Waals surface area contributed by atoms with Crippen LogP contribution in [0, 0.1) is 10.1 Å². The molecule has 2 aromatic carbocycles. The molecule has 2 N–H and O–H groups in total. The van der Waals surface area contributed by atoms with Crippen LogP contribution in [0.25, 0.3) is 22.2 Å². The Balaban J connectivity index is 1.40. The van der Waals surface area contributed by atoms with E-state index in [1.54, 1.807) is 19.2 Å². The van der Waals surface area contributed by atoms with E-state index in [4.69, 9.17) is 16.3 Å². The highest BCUT2D eigenvalue weighted by Gasteiger charge is 2.27. The highest BCUT2D eigenvalue weighted by molar-refractivity contribution is 6.33. The third-order valence-electron chi connectivity index (χ3n) is 7.23. The summed E-state index contributed by atoms with van der Waals surface area (Å²) in [5.74, 6) is 0.988. The van der Waals surface area contributed by atoms with Crippen LogP contribution in [0.15, 0.2) is 49.1 Å². The molecule has 42 heavy (non-hydrogen) atoms. The number of benzene rings is 2. The number of nitro groups is 1. The first-order valence-corrected chi connectivity index (χ1v) is 13.6. The third kappa shape index (κ3) is 4.77. The zero-order chi connectivity index (χ0) is 29.5. The molecule has 1 aliphatic rings. The number of aryl methyl sites for hydroxylation is 1. The zero-order valence-electron chi connectivity index (χ0n) is 23.3. The van der Waals surface area contributed by atoms with Crippen molar-refractivity contribution < 1.29 is 9.66 Å². The molecule has 0 fully saturated rings. The van der Waals surface area contributed by atoms with Gasteiger partial charge in [-0.05, 0) is 32.0 Å². The summed E-state index contributed by atoms with van der Waals surface area (Å²) in [5.41, 5.74) is 5.36. The van der Waals surface area contributed by atoms with E-state index in [1.165, 1.54) is 18.6 Å². The highest BCUT2D eigenvalue weighted by Crippen LogP contribution is 2.44. The van der Waals surface area contributed by atoms with Crippen molar-refractivity contribution >= 4 is 57.2 Å². The maximum atomic E-state index is 12.0. The number of hydrogen-bond acceptors (Lipinski definition) is 11. The minimum atomic E-state index is -0.513. The Hall–Kier alpha value is -5.04. The first-order valence-electron chi connectivity index (χ1n) is 13.2. The Morgan fingerprint density at radius 1 is 1.07 bits per heavy atom. The molecule has 5 aromatic rings. The van der Waals surface area contributed by atoms with Crippen LogP contribution in [0.2, 0.25) is 5.02 Å². The standard InChI is InChI=1S/C28H27ClN10O3/c1-15(2)38-10-7-22-17(13-33-37(22)3)16-11-21(24(42-4)12-23(16)38)35-28-32-14-18(29)27(36-28)34-20-6-5-19-25(26(20)39(40)41)31-9-8-30-19/h5-6,8-9,11-15H,7,10H2,1-4H3,(H2,32,34,35,36). The number of ether oxygens (including phenoxy) is 1. The first kappa shape index (κ1) is 27.1. The number of hydrogen-bond donors (Lipinski definition) is 2. The topological polar surface area (TPSA) is 149 Å². The SMILES string of the molecule is COc1cc2c(cc1Nc1ncc(Cl)c(Nc3ccc4nccnc4c3[N+](=O)[O-])n1)-c1cnn(C)c1CCN2C(C)C. The van der Waals surface area contributed by atoms with E-state index in [1.807, 2.05) is 30.1 Å². The minimum Gasteiger partial charge on any atom is -0.494 e. The van der Waals surface area contributed by atoms with Gasteiger partial charge in [0.1, 0.15) is 16.5 Å². The summed E-state index contributed by atoms with van der Waals surface area (Å²) in [5, 5.41) is 22.9. The molecule has 0 bridgehead atoms. The van der Waals surface area contributed by atoms with Gasteiger partial charge in [-0.2, -0.15) is 10.1 Å². The summed E-state index contributed by atoms with van der Waals surface area (Å²) in [6, 6.07) is 7.47. The third-order valence-corrected chi connectivity index (χ3v) is 7.51. The molecule has 14 heteroatoms. The normalized spacial score (nSPS) is 12.6. The van der Waals surface area contributed by atoms with E-state index in [9.17, 15) is 10.1 Å². The Labute approximate surface area is 245 Å². The van der Waals surface area contributed by atoms with Gasteiger partial charge in [0.25, 0.3) is 0 Å². The van der Waals surface area contributed by atoms with E-state index >= 15 is 0 Å². The van der Waals surface area contributed by atoms with Gasteiger partial charge in [0.15, 0.2) is 11.3 Å². The van der Waals surface area contributed by atoms with Crippen LogP contribution in [0.1, 0.15) is 19.5 Å². The smallest absolute Gasteiger partial charge is 0.320 e. The van der Waals surface area contributed by atoms with Gasteiger partial charge in [0.05, 0.1) is 35.6 Å². The fourth-order valence-corrected chi connectivity index (χ4v) is 5.37. The van der Waals surface area contributed by atoms with Gasteiger partial charge < -0.3 is 20.3 Å². The van der Waals surface area contributed by atoms with Crippen LogP contribution in [0.4, 0.5) is 34.5 Å². The number of nitro benzene ring substituents is 1. The monoisotopic (exact) mass is 586 g/mol. The van der Waals surface area contributed by atoms with E-state index in [0.29, 0.717) is 17.0 Å². The molecular weight excluding hydrogens is 560 g/mol. The second-order valence-electron chi connectivity index (χ2n) is 10.0. The second kappa shape index (κ2) is 10.7. The molecule has 13 nitrogen and oxygen atoms in total. The summed E-state index contributed by atoms with van der Waals surface area (Å²) >= 11 is 6.42. The van der Waals surface area contributed by atoms with E-state index in [0.717, 1.165) is 35.5 Å². The van der Waals surface area contributed by atoms with Crippen molar-refractivity contribution in [2.24, 2.45) is 7.05 Å². The summed E-state index contributed by atoms with van der Waals surface area (Å²) in [4.78, 5) is 31.0. The number of aromatic nitrogens is 6. The molecule has 6 rings (SSSR count). The summed E-state index contributed by atoms with van der Waals surface area (Å²) in [6.07, 6.45) is 7.04. The van der Waals surface area contributed by atoms with Crippen LogP contribution in [0.5, 0.6) is 5.75 Å². The van der Waals surface area contributed by atoms with Crippen molar-refractivity contribution in [2.75, 3.05) is 29.2 Å². The van der Waals surface area contributed by atoms with E-state index < -0.39 is 4.92 Å². The van der Waals surface area contributed by atoms with Crippen molar-refractivity contribution in [3.8, 4) is 16.9 Å². The van der Waals surface area contributed by atoms with Crippen molar-refractivity contribution in [1.82, 2.24) is 29.7 Å². The van der Waals surface area contributed by atoms with E-state index in [-0.39, 0.29) is 39.7 Å². The highest BCUT2D eigenvalue weighted by atomic mass is 35.5. The largest absolute Gasteiger partial charge is 0.494 e. The Bertz CT molecular complexity index is 1840. The first-order chi connectivity index (χ1) is 20.2. The van der Waals surface area contributed by atoms with Gasteiger partial charge >= 0.3 is 5.69 Å². The van der Waals surface area contributed by atoms with Gasteiger partial charge in [-0.3, -0.25) is 19.8 Å². The molecule has 0 saturated heterocycles. The average Bonchev–Trinajstić information content (AvgIpc) is 3.25. The molecule has 0 saturated carbocycles. The Morgan fingerprint density at radius 3 is 2.64 bits per heavy atom. The van der Waals surface area contributed by atoms with E-state index in [2.05, 4.69) is 54.4 Å². The van der Waals surface area contributed by atoms with Crippen molar-refractivity contribution in [1.29, 1.82) is 0 Å². The van der Waals surface area contributed by atoms with Crippen molar-refractivity contribution in [3.63, 3.8) is 0 Å². The van der Waals surface area contributed by atoms with Crippen LogP contribution in [-0.2, 0) is 13.5 Å². The van der Waals surface area contributed by atoms with Gasteiger partial charge in [-0.15, -0.1) is 0 Å². The number of fused-ring (bicyclic) bond motifs is 4. The Kier molecular flexibility index (Phi) is 6.94. The molecule has 0 aliphatic carbocycles. The lowest BCUT2D eigenvalue weighted by molar-refractivity contribution is -0.382. The van der Waals surface area contributed by atoms with Gasteiger partial charge in [-0.25, -0.2) is 9.97 Å². The maximum Gasteiger partial charge on any atom is 0.320 e. The number of anilines is 5. The fraction of sp³-hybridized carbons (Fsp3) is 0.250. The number of methoxy groups -OCH3 is 1. The van der Waals surface area contributed by atoms with Crippen LogP contribution in [-0.4, -0.2) is 54.3 Å². The molecule has 0 radical (unpaired) electrons. The zero-order valence-corrected chi connectivity index (χ0v) is 24.0. The quantitative estimate of drug-likeness (QED) is 0.180. The molecule has 3 aromatic heterocycles. The van der Waals surface area contributed by atoms with Crippen molar-refractivity contribution in [2.45, 2.75) is 26.3 Å². The summed E-state index contributed by atoms with van der Waals surface area (Å²) in [7, 11) is 3.56. The van der Waals surface area contributed by atoms with Crippen molar-refractivity contribution in [3.05, 3.63) is 69.9 Å². The number of halogens is 1. The fourth-order valence-electron chi connectivity index (χ4n) is 5.23. The molecule has 1 aliphatic heterocycles. The number of nitrogens with one attached hydrogen (secondary N) is 2. The lowest BCUT2D eigenvalue weighted by Gasteiger charge is -2.30. The molecule has 0 spiro atoms. The maximum absolute atomic E-state index is 12.0. The average molecular weight is 587 g/mol. The predicted octanol–water partition coefficient (Wildman–Crippen LogP) is 5.65. The molecule has 214 valence electrons. The van der Waals surface area contributed by atoms with Gasteiger partial charge in [-0.1, -0.05) is 11.6 Å². The molecule has 0 amide bonds. The summed E-state index contributed by atoms with van der Waals surface area (Å²) < 4.78 is 7.70. The van der Waals surface area contributed by atoms with Gasteiger partial charge in [0, 0.05) is 67.0 Å². The summed E-state index contributed by atoms with van der Waals surface area (Å²) in [6.45, 7) is 5.17. The number of rotatable bonds is 7. The molecule has 4 heterocycles. The van der Waals surface area contributed by atoms with Crippen LogP contribution >= 0.6 is 11.6 Å². The lowest BCUT2D eigenvalue weighted by atomic mass is 10.0. The number of nitrogens with zero attached hydrogens (tertiary/aromatic N) is 8. The Morgan fingerprint density at radius 2 is 1.88 bits per heavy atom. The van der Waals surface area contributed by atoms with Gasteiger partial charge in [0.2, 0.25) is 5.95 Å². The lowest BCUT2D eigenvalue weighted by Crippen LogP contribution is -2.32. The molecular formula is C28H27ClN10O3. The predicted molar refractivity (Wildman–Crippen MR) is 161 cm³/mol. The van der Waals surface area contributed by atoms with Crippen LogP contribution in [0.3, 0.4) is 0 Å². The van der Waals surface area contributed by atoms with Crippen LogP contribution < -0.4 is 20.3 Å². The minimum absolute atomic E-state index is 0.149. The molecule has 0 atom stereocenters.